The molecule has 1 aliphatic heterocycles. The predicted octanol–water partition coefficient (Wildman–Crippen LogP) is 4.44. The van der Waals surface area contributed by atoms with Crippen molar-refractivity contribution < 1.29 is 9.59 Å². The number of fused-ring (bicyclic) bond motifs is 1. The third-order valence-electron chi connectivity index (χ3n) is 5.31. The fraction of sp³-hybridized carbons (Fsp3) is 0.391. The Labute approximate surface area is 167 Å². The molecule has 0 aromatic heterocycles. The van der Waals surface area contributed by atoms with E-state index in [4.69, 9.17) is 0 Å². The van der Waals surface area contributed by atoms with E-state index >= 15 is 0 Å². The van der Waals surface area contributed by atoms with Crippen LogP contribution < -0.4 is 10.6 Å². The topological polar surface area (TPSA) is 61.4 Å². The quantitative estimate of drug-likeness (QED) is 0.748. The SMILES string of the molecule is CCCN1C(=O)c2ccccc2C1Nc1cccc(C(=O)NC(C)C(C)C)c1. The fourth-order valence-corrected chi connectivity index (χ4v) is 3.36. The molecule has 0 spiro atoms. The number of rotatable bonds is 7. The zero-order valence-electron chi connectivity index (χ0n) is 17.0. The van der Waals surface area contributed by atoms with Crippen LogP contribution in [-0.2, 0) is 0 Å². The number of carbonyl (C=O) groups excluding carboxylic acids is 2. The van der Waals surface area contributed by atoms with Crippen molar-refractivity contribution in [2.75, 3.05) is 11.9 Å². The van der Waals surface area contributed by atoms with Crippen LogP contribution in [0.15, 0.2) is 48.5 Å². The molecule has 2 aromatic carbocycles. The highest BCUT2D eigenvalue weighted by atomic mass is 16.2. The van der Waals surface area contributed by atoms with E-state index in [9.17, 15) is 9.59 Å². The number of hydrogen-bond acceptors (Lipinski definition) is 3. The summed E-state index contributed by atoms with van der Waals surface area (Å²) in [6, 6.07) is 15.3. The van der Waals surface area contributed by atoms with Crippen LogP contribution in [0.5, 0.6) is 0 Å². The van der Waals surface area contributed by atoms with Crippen LogP contribution in [-0.4, -0.2) is 29.3 Å². The third-order valence-corrected chi connectivity index (χ3v) is 5.31. The molecule has 5 heteroatoms. The molecule has 28 heavy (non-hydrogen) atoms. The van der Waals surface area contributed by atoms with Crippen molar-refractivity contribution in [2.45, 2.75) is 46.3 Å². The third kappa shape index (κ3) is 4.03. The van der Waals surface area contributed by atoms with Crippen LogP contribution in [0.4, 0.5) is 5.69 Å². The second-order valence-corrected chi connectivity index (χ2v) is 7.72. The minimum Gasteiger partial charge on any atom is -0.361 e. The number of amides is 2. The van der Waals surface area contributed by atoms with Crippen molar-refractivity contribution in [1.82, 2.24) is 10.2 Å². The van der Waals surface area contributed by atoms with Crippen LogP contribution in [0.1, 0.15) is 66.6 Å². The molecule has 5 nitrogen and oxygen atoms in total. The van der Waals surface area contributed by atoms with E-state index < -0.39 is 0 Å². The Balaban J connectivity index is 1.83. The largest absolute Gasteiger partial charge is 0.361 e. The van der Waals surface area contributed by atoms with Gasteiger partial charge in [-0.1, -0.05) is 45.0 Å². The molecule has 2 unspecified atom stereocenters. The Morgan fingerprint density at radius 2 is 1.86 bits per heavy atom. The highest BCUT2D eigenvalue weighted by molar-refractivity contribution is 5.99. The van der Waals surface area contributed by atoms with Crippen molar-refractivity contribution in [3.05, 3.63) is 65.2 Å². The van der Waals surface area contributed by atoms with Crippen molar-refractivity contribution >= 4 is 17.5 Å². The van der Waals surface area contributed by atoms with E-state index in [-0.39, 0.29) is 24.0 Å². The van der Waals surface area contributed by atoms with Gasteiger partial charge >= 0.3 is 0 Å². The lowest BCUT2D eigenvalue weighted by Gasteiger charge is -2.27. The Bertz CT molecular complexity index is 862. The van der Waals surface area contributed by atoms with Gasteiger partial charge in [0.05, 0.1) is 0 Å². The summed E-state index contributed by atoms with van der Waals surface area (Å²) < 4.78 is 0. The van der Waals surface area contributed by atoms with Crippen LogP contribution >= 0.6 is 0 Å². The Morgan fingerprint density at radius 3 is 2.57 bits per heavy atom. The van der Waals surface area contributed by atoms with E-state index in [1.807, 2.05) is 60.4 Å². The summed E-state index contributed by atoms with van der Waals surface area (Å²) in [7, 11) is 0. The predicted molar refractivity (Wildman–Crippen MR) is 112 cm³/mol. The second-order valence-electron chi connectivity index (χ2n) is 7.72. The second kappa shape index (κ2) is 8.46. The van der Waals surface area contributed by atoms with Gasteiger partial charge in [0.15, 0.2) is 0 Å². The number of carbonyl (C=O) groups is 2. The average Bonchev–Trinajstić information content (AvgIpc) is 2.94. The molecule has 0 bridgehead atoms. The molecule has 1 aliphatic rings. The van der Waals surface area contributed by atoms with Gasteiger partial charge in [0.2, 0.25) is 0 Å². The molecule has 3 rings (SSSR count). The molecule has 2 N–H and O–H groups in total. The first-order valence-corrected chi connectivity index (χ1v) is 9.99. The monoisotopic (exact) mass is 379 g/mol. The van der Waals surface area contributed by atoms with E-state index in [0.717, 1.165) is 23.2 Å². The van der Waals surface area contributed by atoms with Gasteiger partial charge < -0.3 is 15.5 Å². The number of anilines is 1. The van der Waals surface area contributed by atoms with Gasteiger partial charge in [-0.3, -0.25) is 9.59 Å². The standard InChI is InChI=1S/C23H29N3O2/c1-5-13-26-21(19-11-6-7-12-20(19)23(26)28)25-18-10-8-9-17(14-18)22(27)24-16(4)15(2)3/h6-12,14-16,21,25H,5,13H2,1-4H3,(H,24,27). The van der Waals surface area contributed by atoms with Gasteiger partial charge in [0.25, 0.3) is 11.8 Å². The summed E-state index contributed by atoms with van der Waals surface area (Å²) in [5.41, 5.74) is 3.15. The summed E-state index contributed by atoms with van der Waals surface area (Å²) in [6.07, 6.45) is 0.657. The molecule has 2 amide bonds. The highest BCUT2D eigenvalue weighted by Crippen LogP contribution is 2.34. The summed E-state index contributed by atoms with van der Waals surface area (Å²) in [6.45, 7) is 8.92. The van der Waals surface area contributed by atoms with Crippen LogP contribution in [0.25, 0.3) is 0 Å². The maximum Gasteiger partial charge on any atom is 0.256 e. The molecule has 0 fully saturated rings. The Hall–Kier alpha value is -2.82. The fourth-order valence-electron chi connectivity index (χ4n) is 3.36. The maximum atomic E-state index is 12.8. The lowest BCUT2D eigenvalue weighted by atomic mass is 10.1. The van der Waals surface area contributed by atoms with Gasteiger partial charge in [0.1, 0.15) is 6.17 Å². The summed E-state index contributed by atoms with van der Waals surface area (Å²) in [5, 5.41) is 6.50. The molecular formula is C23H29N3O2. The van der Waals surface area contributed by atoms with Gasteiger partial charge in [-0.05, 0) is 43.5 Å². The smallest absolute Gasteiger partial charge is 0.256 e. The molecule has 0 saturated heterocycles. The van der Waals surface area contributed by atoms with E-state index in [1.54, 1.807) is 0 Å². The summed E-state index contributed by atoms with van der Waals surface area (Å²) in [5.74, 6) is 0.335. The zero-order chi connectivity index (χ0) is 20.3. The van der Waals surface area contributed by atoms with Gasteiger partial charge in [0, 0.05) is 35.0 Å². The first kappa shape index (κ1) is 19.9. The van der Waals surface area contributed by atoms with Gasteiger partial charge in [-0.25, -0.2) is 0 Å². The van der Waals surface area contributed by atoms with E-state index in [2.05, 4.69) is 31.4 Å². The highest BCUT2D eigenvalue weighted by Gasteiger charge is 2.35. The first-order valence-electron chi connectivity index (χ1n) is 9.99. The maximum absolute atomic E-state index is 12.8. The lowest BCUT2D eigenvalue weighted by Crippen LogP contribution is -2.36. The minimum atomic E-state index is -0.225. The first-order chi connectivity index (χ1) is 13.4. The summed E-state index contributed by atoms with van der Waals surface area (Å²) in [4.78, 5) is 27.2. The van der Waals surface area contributed by atoms with Crippen LogP contribution in [0.3, 0.4) is 0 Å². The molecule has 0 radical (unpaired) electrons. The van der Waals surface area contributed by atoms with Crippen LogP contribution in [0.2, 0.25) is 0 Å². The van der Waals surface area contributed by atoms with Crippen molar-refractivity contribution in [3.63, 3.8) is 0 Å². The van der Waals surface area contributed by atoms with Crippen molar-refractivity contribution in [3.8, 4) is 0 Å². The molecule has 2 aromatic rings. The zero-order valence-corrected chi connectivity index (χ0v) is 17.0. The molecule has 0 aliphatic carbocycles. The van der Waals surface area contributed by atoms with Gasteiger partial charge in [-0.2, -0.15) is 0 Å². The van der Waals surface area contributed by atoms with Crippen LogP contribution in [0, 0.1) is 5.92 Å². The van der Waals surface area contributed by atoms with Crippen molar-refractivity contribution in [2.24, 2.45) is 5.92 Å². The molecule has 2 atom stereocenters. The average molecular weight is 380 g/mol. The number of nitrogens with one attached hydrogen (secondary N) is 2. The van der Waals surface area contributed by atoms with Gasteiger partial charge in [-0.15, -0.1) is 0 Å². The lowest BCUT2D eigenvalue weighted by molar-refractivity contribution is 0.0742. The molecule has 1 heterocycles. The molecule has 148 valence electrons. The molecular weight excluding hydrogens is 350 g/mol. The minimum absolute atomic E-state index is 0.0506. The van der Waals surface area contributed by atoms with Crippen molar-refractivity contribution in [1.29, 1.82) is 0 Å². The normalized spacial score (nSPS) is 16.8. The number of nitrogens with zero attached hydrogens (tertiary/aromatic N) is 1. The molecule has 0 saturated carbocycles. The van der Waals surface area contributed by atoms with E-state index in [0.29, 0.717) is 18.0 Å². The van der Waals surface area contributed by atoms with E-state index in [1.165, 1.54) is 0 Å². The Morgan fingerprint density at radius 1 is 1.11 bits per heavy atom. The number of benzene rings is 2. The summed E-state index contributed by atoms with van der Waals surface area (Å²) >= 11 is 0. The number of hydrogen-bond donors (Lipinski definition) is 2. The Kier molecular flexibility index (Phi) is 6.02.